The van der Waals surface area contributed by atoms with Crippen LogP contribution in [-0.2, 0) is 11.3 Å². The number of hydrogen-bond acceptors (Lipinski definition) is 4. The van der Waals surface area contributed by atoms with Gasteiger partial charge in [-0.05, 0) is 42.0 Å². The fourth-order valence-electron chi connectivity index (χ4n) is 2.63. The Balaban J connectivity index is 1.61. The van der Waals surface area contributed by atoms with E-state index in [9.17, 15) is 9.59 Å². The van der Waals surface area contributed by atoms with Crippen molar-refractivity contribution in [3.63, 3.8) is 0 Å². The molecule has 0 aliphatic heterocycles. The van der Waals surface area contributed by atoms with Gasteiger partial charge in [0, 0.05) is 11.3 Å². The van der Waals surface area contributed by atoms with Crippen LogP contribution < -0.4 is 9.64 Å². The van der Waals surface area contributed by atoms with E-state index in [2.05, 4.69) is 0 Å². The second-order valence-corrected chi connectivity index (χ2v) is 6.06. The first kappa shape index (κ1) is 19.2. The van der Waals surface area contributed by atoms with Crippen LogP contribution in [0.5, 0.6) is 5.75 Å². The first-order valence-corrected chi connectivity index (χ1v) is 8.97. The zero-order chi connectivity index (χ0) is 19.6. The molecule has 28 heavy (non-hydrogen) atoms. The summed E-state index contributed by atoms with van der Waals surface area (Å²) in [6, 6.07) is 25.7. The molecule has 3 aromatic carbocycles. The van der Waals surface area contributed by atoms with Gasteiger partial charge >= 0.3 is 6.09 Å². The number of carbonyl (C=O) groups is 2. The van der Waals surface area contributed by atoms with Gasteiger partial charge in [-0.25, -0.2) is 4.79 Å². The SMILES string of the molecule is O=Cc1ccc(OCCN(C(=O)OCc2ccccc2)c2ccccc2)cc1. The molecule has 0 N–H and O–H groups in total. The Morgan fingerprint density at radius 2 is 1.50 bits per heavy atom. The Bertz CT molecular complexity index is 879. The highest BCUT2D eigenvalue weighted by atomic mass is 16.6. The van der Waals surface area contributed by atoms with Crippen molar-refractivity contribution in [1.29, 1.82) is 0 Å². The van der Waals surface area contributed by atoms with Crippen LogP contribution in [0.1, 0.15) is 15.9 Å². The minimum absolute atomic E-state index is 0.205. The van der Waals surface area contributed by atoms with Crippen LogP contribution in [0.2, 0.25) is 0 Å². The van der Waals surface area contributed by atoms with E-state index >= 15 is 0 Å². The molecule has 0 atom stereocenters. The van der Waals surface area contributed by atoms with Gasteiger partial charge in [-0.1, -0.05) is 48.5 Å². The lowest BCUT2D eigenvalue weighted by Gasteiger charge is -2.22. The zero-order valence-corrected chi connectivity index (χ0v) is 15.4. The number of anilines is 1. The topological polar surface area (TPSA) is 55.8 Å². The third kappa shape index (κ3) is 5.45. The van der Waals surface area contributed by atoms with Crippen LogP contribution in [0.4, 0.5) is 10.5 Å². The number of amides is 1. The van der Waals surface area contributed by atoms with Crippen LogP contribution in [0.3, 0.4) is 0 Å². The predicted octanol–water partition coefficient (Wildman–Crippen LogP) is 4.72. The summed E-state index contributed by atoms with van der Waals surface area (Å²) in [4.78, 5) is 24.9. The Labute approximate surface area is 164 Å². The average Bonchev–Trinajstić information content (AvgIpc) is 2.77. The first-order valence-electron chi connectivity index (χ1n) is 8.97. The van der Waals surface area contributed by atoms with E-state index in [1.807, 2.05) is 60.7 Å². The average molecular weight is 375 g/mol. The van der Waals surface area contributed by atoms with Gasteiger partial charge in [0.15, 0.2) is 0 Å². The van der Waals surface area contributed by atoms with E-state index in [0.29, 0.717) is 17.9 Å². The number of aldehydes is 1. The van der Waals surface area contributed by atoms with Gasteiger partial charge in [0.2, 0.25) is 0 Å². The summed E-state index contributed by atoms with van der Waals surface area (Å²) in [6.45, 7) is 0.819. The Morgan fingerprint density at radius 1 is 0.857 bits per heavy atom. The molecule has 0 saturated heterocycles. The van der Waals surface area contributed by atoms with Crippen molar-refractivity contribution in [3.05, 3.63) is 96.1 Å². The van der Waals surface area contributed by atoms with Gasteiger partial charge < -0.3 is 9.47 Å². The summed E-state index contributed by atoms with van der Waals surface area (Å²) in [5, 5.41) is 0. The smallest absolute Gasteiger partial charge is 0.414 e. The molecule has 0 fully saturated rings. The second-order valence-electron chi connectivity index (χ2n) is 6.06. The molecule has 0 aliphatic carbocycles. The van der Waals surface area contributed by atoms with E-state index in [1.54, 1.807) is 29.2 Å². The van der Waals surface area contributed by atoms with Gasteiger partial charge in [-0.15, -0.1) is 0 Å². The van der Waals surface area contributed by atoms with Crippen LogP contribution in [0.15, 0.2) is 84.9 Å². The molecule has 0 aliphatic rings. The lowest BCUT2D eigenvalue weighted by molar-refractivity contribution is 0.112. The second kappa shape index (κ2) is 9.92. The highest BCUT2D eigenvalue weighted by Crippen LogP contribution is 2.16. The molecule has 1 amide bonds. The first-order chi connectivity index (χ1) is 13.8. The molecule has 0 saturated carbocycles. The minimum Gasteiger partial charge on any atom is -0.492 e. The standard InChI is InChI=1S/C23H21NO4/c25-17-19-11-13-22(14-12-19)27-16-15-24(21-9-5-2-6-10-21)23(26)28-18-20-7-3-1-4-8-20/h1-14,17H,15-16,18H2. The number of para-hydroxylation sites is 1. The van der Waals surface area contributed by atoms with Gasteiger partial charge in [0.05, 0.1) is 6.54 Å². The maximum Gasteiger partial charge on any atom is 0.414 e. The number of hydrogen-bond donors (Lipinski definition) is 0. The summed E-state index contributed by atoms with van der Waals surface area (Å²) in [7, 11) is 0. The predicted molar refractivity (Wildman–Crippen MR) is 108 cm³/mol. The fraction of sp³-hybridized carbons (Fsp3) is 0.130. The van der Waals surface area contributed by atoms with E-state index in [0.717, 1.165) is 17.5 Å². The van der Waals surface area contributed by atoms with Crippen molar-refractivity contribution in [2.45, 2.75) is 6.61 Å². The number of nitrogens with zero attached hydrogens (tertiary/aromatic N) is 1. The van der Waals surface area contributed by atoms with Crippen LogP contribution in [0, 0.1) is 0 Å². The Kier molecular flexibility index (Phi) is 6.79. The molecular weight excluding hydrogens is 354 g/mol. The molecule has 142 valence electrons. The summed E-state index contributed by atoms with van der Waals surface area (Å²) in [6.07, 6.45) is 0.346. The van der Waals surface area contributed by atoms with Crippen molar-refractivity contribution in [1.82, 2.24) is 0 Å². The highest BCUT2D eigenvalue weighted by Gasteiger charge is 2.17. The van der Waals surface area contributed by atoms with Crippen LogP contribution >= 0.6 is 0 Å². The quantitative estimate of drug-likeness (QED) is 0.535. The Hall–Kier alpha value is -3.60. The molecule has 0 aromatic heterocycles. The lowest BCUT2D eigenvalue weighted by atomic mass is 10.2. The van der Waals surface area contributed by atoms with E-state index in [1.165, 1.54) is 0 Å². The van der Waals surface area contributed by atoms with Crippen molar-refractivity contribution in [3.8, 4) is 5.75 Å². The summed E-state index contributed by atoms with van der Waals surface area (Å²) >= 11 is 0. The van der Waals surface area contributed by atoms with Crippen molar-refractivity contribution >= 4 is 18.1 Å². The van der Waals surface area contributed by atoms with Gasteiger partial charge in [-0.2, -0.15) is 0 Å². The number of rotatable bonds is 8. The molecule has 0 unspecified atom stereocenters. The maximum absolute atomic E-state index is 12.7. The van der Waals surface area contributed by atoms with Crippen LogP contribution in [-0.4, -0.2) is 25.5 Å². The zero-order valence-electron chi connectivity index (χ0n) is 15.4. The number of benzene rings is 3. The largest absolute Gasteiger partial charge is 0.492 e. The maximum atomic E-state index is 12.7. The van der Waals surface area contributed by atoms with E-state index in [4.69, 9.17) is 9.47 Å². The molecule has 3 rings (SSSR count). The number of ether oxygens (including phenoxy) is 2. The minimum atomic E-state index is -0.435. The summed E-state index contributed by atoms with van der Waals surface area (Å²) in [5.74, 6) is 0.635. The molecular formula is C23H21NO4. The molecule has 0 bridgehead atoms. The Morgan fingerprint density at radius 3 is 2.14 bits per heavy atom. The van der Waals surface area contributed by atoms with E-state index in [-0.39, 0.29) is 13.2 Å². The van der Waals surface area contributed by atoms with Gasteiger partial charge in [0.25, 0.3) is 0 Å². The molecule has 0 heterocycles. The third-order valence-electron chi connectivity index (χ3n) is 4.09. The third-order valence-corrected chi connectivity index (χ3v) is 4.09. The van der Waals surface area contributed by atoms with E-state index < -0.39 is 6.09 Å². The number of carbonyl (C=O) groups excluding carboxylic acids is 2. The van der Waals surface area contributed by atoms with Crippen molar-refractivity contribution in [2.75, 3.05) is 18.1 Å². The normalized spacial score (nSPS) is 10.1. The van der Waals surface area contributed by atoms with Crippen molar-refractivity contribution in [2.24, 2.45) is 0 Å². The van der Waals surface area contributed by atoms with Gasteiger partial charge in [0.1, 0.15) is 25.2 Å². The lowest BCUT2D eigenvalue weighted by Crippen LogP contribution is -2.35. The molecule has 3 aromatic rings. The highest BCUT2D eigenvalue weighted by molar-refractivity contribution is 5.87. The van der Waals surface area contributed by atoms with Crippen molar-refractivity contribution < 1.29 is 19.1 Å². The monoisotopic (exact) mass is 375 g/mol. The molecule has 5 heteroatoms. The molecule has 5 nitrogen and oxygen atoms in total. The summed E-state index contributed by atoms with van der Waals surface area (Å²) < 4.78 is 11.2. The summed E-state index contributed by atoms with van der Waals surface area (Å²) in [5.41, 5.74) is 2.25. The fourth-order valence-corrected chi connectivity index (χ4v) is 2.63. The van der Waals surface area contributed by atoms with Crippen LogP contribution in [0.25, 0.3) is 0 Å². The molecule has 0 radical (unpaired) electrons. The van der Waals surface area contributed by atoms with Gasteiger partial charge in [-0.3, -0.25) is 9.69 Å². The molecule has 0 spiro atoms.